The molecule has 0 aliphatic carbocycles. The minimum absolute atomic E-state index is 0.0621. The van der Waals surface area contributed by atoms with Gasteiger partial charge in [0.2, 0.25) is 5.91 Å². The summed E-state index contributed by atoms with van der Waals surface area (Å²) in [6.45, 7) is 4.99. The summed E-state index contributed by atoms with van der Waals surface area (Å²) in [5.41, 5.74) is 2.49. The van der Waals surface area contributed by atoms with E-state index in [0.717, 1.165) is 29.8 Å². The monoisotopic (exact) mass is 386 g/mol. The Morgan fingerprint density at radius 1 is 1.07 bits per heavy atom. The van der Waals surface area contributed by atoms with Crippen molar-refractivity contribution in [3.05, 3.63) is 77.4 Å². The highest BCUT2D eigenvalue weighted by Gasteiger charge is 2.23. The lowest BCUT2D eigenvalue weighted by molar-refractivity contribution is -0.116. The number of nitrogens with one attached hydrogen (secondary N) is 1. The molecular formula is C22H24F2N2O2. The van der Waals surface area contributed by atoms with Crippen molar-refractivity contribution in [2.24, 2.45) is 0 Å². The first-order valence-corrected chi connectivity index (χ1v) is 9.32. The molecule has 2 aromatic rings. The molecule has 148 valence electrons. The molecule has 2 aromatic carbocycles. The molecule has 1 N–H and O–H groups in total. The molecule has 1 amide bonds. The molecule has 0 aromatic heterocycles. The standard InChI is InChI=1S/C22H24F2N2O2/c1-16(17-2-6-19(23)7-3-17)14-22(27)25-15-21(26-10-12-28-13-11-26)18-4-8-20(24)9-5-18/h2-9,14,21H,10-13,15H2,1H3,(H,25,27)/b16-14+. The maximum atomic E-state index is 13.3. The Labute approximate surface area is 163 Å². The molecule has 1 unspecified atom stereocenters. The second-order valence-electron chi connectivity index (χ2n) is 6.80. The van der Waals surface area contributed by atoms with Crippen LogP contribution in [0.4, 0.5) is 8.78 Å². The van der Waals surface area contributed by atoms with Crippen LogP contribution in [0.1, 0.15) is 24.1 Å². The molecule has 0 radical (unpaired) electrons. The fourth-order valence-electron chi connectivity index (χ4n) is 3.27. The lowest BCUT2D eigenvalue weighted by Gasteiger charge is -2.34. The van der Waals surface area contributed by atoms with Gasteiger partial charge in [-0.3, -0.25) is 9.69 Å². The Balaban J connectivity index is 1.68. The van der Waals surface area contributed by atoms with Crippen LogP contribution < -0.4 is 5.32 Å². The van der Waals surface area contributed by atoms with Crippen molar-refractivity contribution in [2.75, 3.05) is 32.8 Å². The number of amides is 1. The number of rotatable bonds is 6. The fourth-order valence-corrected chi connectivity index (χ4v) is 3.27. The SMILES string of the molecule is C/C(=C\C(=O)NCC(c1ccc(F)cc1)N1CCOCC1)c1ccc(F)cc1. The highest BCUT2D eigenvalue weighted by molar-refractivity contribution is 5.94. The van der Waals surface area contributed by atoms with Crippen LogP contribution in [0.15, 0.2) is 54.6 Å². The van der Waals surface area contributed by atoms with Crippen molar-refractivity contribution in [2.45, 2.75) is 13.0 Å². The lowest BCUT2D eigenvalue weighted by Crippen LogP contribution is -2.43. The van der Waals surface area contributed by atoms with Crippen LogP contribution in [-0.4, -0.2) is 43.7 Å². The summed E-state index contributed by atoms with van der Waals surface area (Å²) in [5, 5.41) is 2.94. The number of benzene rings is 2. The summed E-state index contributed by atoms with van der Waals surface area (Å²) in [5.74, 6) is -0.817. The van der Waals surface area contributed by atoms with E-state index in [4.69, 9.17) is 4.74 Å². The molecule has 1 aliphatic rings. The Kier molecular flexibility index (Phi) is 6.90. The second-order valence-corrected chi connectivity index (χ2v) is 6.80. The summed E-state index contributed by atoms with van der Waals surface area (Å²) in [6, 6.07) is 12.3. The van der Waals surface area contributed by atoms with Gasteiger partial charge in [-0.15, -0.1) is 0 Å². The minimum atomic E-state index is -0.311. The van der Waals surface area contributed by atoms with E-state index in [1.165, 1.54) is 30.3 Å². The van der Waals surface area contributed by atoms with Crippen molar-refractivity contribution < 1.29 is 18.3 Å². The van der Waals surface area contributed by atoms with Gasteiger partial charge in [0, 0.05) is 25.7 Å². The predicted octanol–water partition coefficient (Wildman–Crippen LogP) is 3.56. The number of ether oxygens (including phenoxy) is 1. The van der Waals surface area contributed by atoms with Crippen LogP contribution in [0.5, 0.6) is 0 Å². The van der Waals surface area contributed by atoms with Gasteiger partial charge in [0.15, 0.2) is 0 Å². The largest absolute Gasteiger partial charge is 0.379 e. The minimum Gasteiger partial charge on any atom is -0.379 e. The molecular weight excluding hydrogens is 362 g/mol. The third-order valence-corrected chi connectivity index (χ3v) is 4.86. The van der Waals surface area contributed by atoms with Gasteiger partial charge in [-0.05, 0) is 47.9 Å². The van der Waals surface area contributed by atoms with Crippen molar-refractivity contribution in [1.29, 1.82) is 0 Å². The zero-order valence-electron chi connectivity index (χ0n) is 15.8. The Hall–Kier alpha value is -2.57. The van der Waals surface area contributed by atoms with Crippen LogP contribution in [0, 0.1) is 11.6 Å². The van der Waals surface area contributed by atoms with E-state index in [0.29, 0.717) is 19.8 Å². The Morgan fingerprint density at radius 2 is 1.64 bits per heavy atom. The number of carbonyl (C=O) groups is 1. The van der Waals surface area contributed by atoms with Crippen molar-refractivity contribution >= 4 is 11.5 Å². The average molecular weight is 386 g/mol. The number of halogens is 2. The molecule has 0 spiro atoms. The maximum Gasteiger partial charge on any atom is 0.244 e. The van der Waals surface area contributed by atoms with Gasteiger partial charge in [0.05, 0.1) is 19.3 Å². The van der Waals surface area contributed by atoms with E-state index in [1.807, 2.05) is 6.92 Å². The first-order valence-electron chi connectivity index (χ1n) is 9.32. The van der Waals surface area contributed by atoms with Gasteiger partial charge < -0.3 is 10.1 Å². The number of hydrogen-bond donors (Lipinski definition) is 1. The van der Waals surface area contributed by atoms with E-state index in [9.17, 15) is 13.6 Å². The third-order valence-electron chi connectivity index (χ3n) is 4.86. The van der Waals surface area contributed by atoms with Crippen LogP contribution in [0.2, 0.25) is 0 Å². The number of allylic oxidation sites excluding steroid dienone is 1. The van der Waals surface area contributed by atoms with Crippen LogP contribution in [0.3, 0.4) is 0 Å². The molecule has 1 saturated heterocycles. The molecule has 0 saturated carbocycles. The van der Waals surface area contributed by atoms with Crippen LogP contribution in [-0.2, 0) is 9.53 Å². The molecule has 28 heavy (non-hydrogen) atoms. The lowest BCUT2D eigenvalue weighted by atomic mass is 10.0. The summed E-state index contributed by atoms with van der Waals surface area (Å²) in [4.78, 5) is 14.6. The zero-order valence-corrected chi connectivity index (χ0v) is 15.8. The number of morpholine rings is 1. The topological polar surface area (TPSA) is 41.6 Å². The summed E-state index contributed by atoms with van der Waals surface area (Å²) in [7, 11) is 0. The van der Waals surface area contributed by atoms with Crippen LogP contribution >= 0.6 is 0 Å². The third kappa shape index (κ3) is 5.47. The molecule has 3 rings (SSSR count). The number of nitrogens with zero attached hydrogens (tertiary/aromatic N) is 1. The predicted molar refractivity (Wildman–Crippen MR) is 105 cm³/mol. The van der Waals surface area contributed by atoms with E-state index in [2.05, 4.69) is 10.2 Å². The van der Waals surface area contributed by atoms with Crippen molar-refractivity contribution in [3.63, 3.8) is 0 Å². The highest BCUT2D eigenvalue weighted by atomic mass is 19.1. The first kappa shape index (κ1) is 20.2. The second kappa shape index (κ2) is 9.57. The van der Waals surface area contributed by atoms with Gasteiger partial charge in [-0.1, -0.05) is 24.3 Å². The molecule has 1 aliphatic heterocycles. The summed E-state index contributed by atoms with van der Waals surface area (Å²) < 4.78 is 31.8. The van der Waals surface area contributed by atoms with Gasteiger partial charge in [-0.25, -0.2) is 8.78 Å². The molecule has 6 heteroatoms. The normalized spacial score (nSPS) is 16.6. The summed E-state index contributed by atoms with van der Waals surface area (Å²) in [6.07, 6.45) is 1.51. The zero-order chi connectivity index (χ0) is 19.9. The van der Waals surface area contributed by atoms with E-state index in [1.54, 1.807) is 24.3 Å². The molecule has 1 heterocycles. The molecule has 1 fully saturated rings. The Morgan fingerprint density at radius 3 is 2.25 bits per heavy atom. The first-order chi connectivity index (χ1) is 13.5. The van der Waals surface area contributed by atoms with Crippen LogP contribution in [0.25, 0.3) is 5.57 Å². The molecule has 1 atom stereocenters. The quantitative estimate of drug-likeness (QED) is 0.772. The van der Waals surface area contributed by atoms with Crippen molar-refractivity contribution in [1.82, 2.24) is 10.2 Å². The molecule has 4 nitrogen and oxygen atoms in total. The van der Waals surface area contributed by atoms with Gasteiger partial charge >= 0.3 is 0 Å². The average Bonchev–Trinajstić information content (AvgIpc) is 2.70. The van der Waals surface area contributed by atoms with Gasteiger partial charge in [0.25, 0.3) is 0 Å². The van der Waals surface area contributed by atoms with Gasteiger partial charge in [-0.2, -0.15) is 0 Å². The summed E-state index contributed by atoms with van der Waals surface area (Å²) >= 11 is 0. The smallest absolute Gasteiger partial charge is 0.244 e. The number of carbonyl (C=O) groups excluding carboxylic acids is 1. The molecule has 0 bridgehead atoms. The van der Waals surface area contributed by atoms with E-state index < -0.39 is 0 Å². The highest BCUT2D eigenvalue weighted by Crippen LogP contribution is 2.22. The fraction of sp³-hybridized carbons (Fsp3) is 0.318. The van der Waals surface area contributed by atoms with Gasteiger partial charge in [0.1, 0.15) is 11.6 Å². The maximum absolute atomic E-state index is 13.3. The Bertz CT molecular complexity index is 813. The van der Waals surface area contributed by atoms with Crippen molar-refractivity contribution in [3.8, 4) is 0 Å². The van der Waals surface area contributed by atoms with E-state index in [-0.39, 0.29) is 23.6 Å². The van der Waals surface area contributed by atoms with E-state index >= 15 is 0 Å². The number of hydrogen-bond acceptors (Lipinski definition) is 3.